The lowest BCUT2D eigenvalue weighted by Gasteiger charge is -2.22. The number of hydrogen-bond acceptors (Lipinski definition) is 3. The molecule has 6 nitrogen and oxygen atoms in total. The molecule has 0 spiro atoms. The fourth-order valence-electron chi connectivity index (χ4n) is 4.10. The molecule has 1 aliphatic heterocycles. The maximum atomic E-state index is 12.9. The Balaban J connectivity index is 1.48. The highest BCUT2D eigenvalue weighted by molar-refractivity contribution is 6.04. The highest BCUT2D eigenvalue weighted by atomic mass is 16.2. The molecule has 2 aliphatic rings. The van der Waals surface area contributed by atoms with Crippen molar-refractivity contribution in [3.8, 4) is 0 Å². The van der Waals surface area contributed by atoms with Crippen LogP contribution in [0.3, 0.4) is 0 Å². The number of rotatable bonds is 4. The molecule has 0 saturated carbocycles. The predicted octanol–water partition coefficient (Wildman–Crippen LogP) is 2.29. The third-order valence-corrected chi connectivity index (χ3v) is 5.74. The topological polar surface area (TPSA) is 83.7 Å². The Bertz CT molecular complexity index is 952. The Morgan fingerprint density at radius 3 is 2.50 bits per heavy atom. The molecule has 1 unspecified atom stereocenters. The number of carbonyl (C=O) groups excluding carboxylic acids is 3. The van der Waals surface area contributed by atoms with Crippen molar-refractivity contribution in [3.05, 3.63) is 59.2 Å². The molecular formula is C22H23N3O3. The maximum absolute atomic E-state index is 12.9. The SMILES string of the molecule is CN(C(=O)C1CC(=O)N(c2ccc3c(c2)CCC3)C1)c1ccc(C(N)=O)cc1. The molecule has 1 aliphatic carbocycles. The Kier molecular flexibility index (Phi) is 4.63. The fraction of sp³-hybridized carbons (Fsp3) is 0.318. The van der Waals surface area contributed by atoms with E-state index in [4.69, 9.17) is 5.73 Å². The minimum Gasteiger partial charge on any atom is -0.366 e. The molecule has 0 aromatic heterocycles. The van der Waals surface area contributed by atoms with Gasteiger partial charge in [0.1, 0.15) is 0 Å². The van der Waals surface area contributed by atoms with Crippen molar-refractivity contribution in [3.63, 3.8) is 0 Å². The molecule has 1 heterocycles. The molecule has 1 atom stereocenters. The molecule has 2 N–H and O–H groups in total. The second-order valence-electron chi connectivity index (χ2n) is 7.52. The molecule has 28 heavy (non-hydrogen) atoms. The van der Waals surface area contributed by atoms with Crippen LogP contribution < -0.4 is 15.5 Å². The van der Waals surface area contributed by atoms with E-state index < -0.39 is 5.91 Å². The van der Waals surface area contributed by atoms with Crippen LogP contribution in [0.5, 0.6) is 0 Å². The highest BCUT2D eigenvalue weighted by Crippen LogP contribution is 2.31. The van der Waals surface area contributed by atoms with Gasteiger partial charge in [-0.3, -0.25) is 14.4 Å². The molecular weight excluding hydrogens is 354 g/mol. The van der Waals surface area contributed by atoms with E-state index in [0.717, 1.165) is 24.9 Å². The van der Waals surface area contributed by atoms with Gasteiger partial charge in [0.25, 0.3) is 0 Å². The van der Waals surface area contributed by atoms with Gasteiger partial charge in [-0.15, -0.1) is 0 Å². The predicted molar refractivity (Wildman–Crippen MR) is 107 cm³/mol. The second-order valence-corrected chi connectivity index (χ2v) is 7.52. The molecule has 144 valence electrons. The number of primary amides is 1. The van der Waals surface area contributed by atoms with E-state index in [1.807, 2.05) is 6.07 Å². The van der Waals surface area contributed by atoms with Crippen molar-refractivity contribution in [2.75, 3.05) is 23.4 Å². The number of hydrogen-bond donors (Lipinski definition) is 1. The van der Waals surface area contributed by atoms with Crippen molar-refractivity contribution >= 4 is 29.1 Å². The van der Waals surface area contributed by atoms with Crippen LogP contribution in [0.15, 0.2) is 42.5 Å². The van der Waals surface area contributed by atoms with Crippen LogP contribution in [0.25, 0.3) is 0 Å². The maximum Gasteiger partial charge on any atom is 0.248 e. The summed E-state index contributed by atoms with van der Waals surface area (Å²) in [5.74, 6) is -1.02. The Hall–Kier alpha value is -3.15. The smallest absolute Gasteiger partial charge is 0.248 e. The monoisotopic (exact) mass is 377 g/mol. The van der Waals surface area contributed by atoms with E-state index in [1.54, 1.807) is 36.2 Å². The number of benzene rings is 2. The van der Waals surface area contributed by atoms with Gasteiger partial charge >= 0.3 is 0 Å². The van der Waals surface area contributed by atoms with Crippen molar-refractivity contribution in [2.24, 2.45) is 11.7 Å². The Labute approximate surface area is 163 Å². The first kappa shape index (κ1) is 18.2. The van der Waals surface area contributed by atoms with Crippen molar-refractivity contribution in [2.45, 2.75) is 25.7 Å². The van der Waals surface area contributed by atoms with E-state index >= 15 is 0 Å². The summed E-state index contributed by atoms with van der Waals surface area (Å²) in [6.45, 7) is 0.389. The number of nitrogens with two attached hydrogens (primary N) is 1. The van der Waals surface area contributed by atoms with E-state index in [1.165, 1.54) is 16.0 Å². The fourth-order valence-corrected chi connectivity index (χ4v) is 4.10. The first-order chi connectivity index (χ1) is 13.4. The molecule has 4 rings (SSSR count). The van der Waals surface area contributed by atoms with Gasteiger partial charge in [0.15, 0.2) is 0 Å². The summed E-state index contributed by atoms with van der Waals surface area (Å²) < 4.78 is 0. The van der Waals surface area contributed by atoms with E-state index in [-0.39, 0.29) is 24.2 Å². The molecule has 2 aromatic carbocycles. The lowest BCUT2D eigenvalue weighted by molar-refractivity contribution is -0.124. The lowest BCUT2D eigenvalue weighted by Crippen LogP contribution is -2.34. The largest absolute Gasteiger partial charge is 0.366 e. The molecule has 1 saturated heterocycles. The van der Waals surface area contributed by atoms with Gasteiger partial charge in [-0.2, -0.15) is 0 Å². The summed E-state index contributed by atoms with van der Waals surface area (Å²) in [7, 11) is 1.68. The Morgan fingerprint density at radius 2 is 1.79 bits per heavy atom. The van der Waals surface area contributed by atoms with E-state index in [2.05, 4.69) is 12.1 Å². The molecule has 0 radical (unpaired) electrons. The standard InChI is InChI=1S/C22H23N3O3/c1-24(18-8-6-15(7-9-18)21(23)27)22(28)17-12-20(26)25(13-17)19-10-5-14-3-2-4-16(14)11-19/h5-11,17H,2-4,12-13H2,1H3,(H2,23,27). The van der Waals surface area contributed by atoms with Gasteiger partial charge in [0.2, 0.25) is 17.7 Å². The first-order valence-electron chi connectivity index (χ1n) is 9.53. The van der Waals surface area contributed by atoms with Gasteiger partial charge < -0.3 is 15.5 Å². The third-order valence-electron chi connectivity index (χ3n) is 5.74. The van der Waals surface area contributed by atoms with E-state index in [0.29, 0.717) is 17.8 Å². The van der Waals surface area contributed by atoms with Crippen LogP contribution in [-0.4, -0.2) is 31.3 Å². The van der Waals surface area contributed by atoms with Crippen LogP contribution in [0, 0.1) is 5.92 Å². The number of fused-ring (bicyclic) bond motifs is 1. The lowest BCUT2D eigenvalue weighted by atomic mass is 10.1. The summed E-state index contributed by atoms with van der Waals surface area (Å²) in [6.07, 6.45) is 3.52. The van der Waals surface area contributed by atoms with E-state index in [9.17, 15) is 14.4 Å². The van der Waals surface area contributed by atoms with Crippen LogP contribution in [0.1, 0.15) is 34.3 Å². The number of anilines is 2. The van der Waals surface area contributed by atoms with Crippen molar-refractivity contribution < 1.29 is 14.4 Å². The zero-order valence-electron chi connectivity index (χ0n) is 15.9. The zero-order chi connectivity index (χ0) is 19.8. The number of carbonyl (C=O) groups is 3. The summed E-state index contributed by atoms with van der Waals surface area (Å²) in [4.78, 5) is 40.0. The molecule has 6 heteroatoms. The van der Waals surface area contributed by atoms with Crippen molar-refractivity contribution in [1.29, 1.82) is 0 Å². The highest BCUT2D eigenvalue weighted by Gasteiger charge is 2.37. The van der Waals surface area contributed by atoms with Gasteiger partial charge in [-0.25, -0.2) is 0 Å². The molecule has 2 aromatic rings. The summed E-state index contributed by atoms with van der Waals surface area (Å²) in [5.41, 5.74) is 9.87. The minimum atomic E-state index is -0.507. The molecule has 1 fully saturated rings. The molecule has 0 bridgehead atoms. The minimum absolute atomic E-state index is 0.0197. The quantitative estimate of drug-likeness (QED) is 0.887. The normalized spacial score (nSPS) is 18.2. The summed E-state index contributed by atoms with van der Waals surface area (Å²) in [6, 6.07) is 12.8. The Morgan fingerprint density at radius 1 is 1.07 bits per heavy atom. The number of nitrogens with zero attached hydrogens (tertiary/aromatic N) is 2. The average molecular weight is 377 g/mol. The van der Waals surface area contributed by atoms with Crippen molar-refractivity contribution in [1.82, 2.24) is 0 Å². The van der Waals surface area contributed by atoms with Gasteiger partial charge in [-0.1, -0.05) is 6.07 Å². The second kappa shape index (κ2) is 7.11. The van der Waals surface area contributed by atoms with Crippen LogP contribution in [-0.2, 0) is 22.4 Å². The van der Waals surface area contributed by atoms with Crippen LogP contribution >= 0.6 is 0 Å². The number of amides is 3. The number of aryl methyl sites for hydroxylation is 2. The van der Waals surface area contributed by atoms with Gasteiger partial charge in [0.05, 0.1) is 5.92 Å². The van der Waals surface area contributed by atoms with Crippen LogP contribution in [0.4, 0.5) is 11.4 Å². The average Bonchev–Trinajstić information content (AvgIpc) is 3.32. The summed E-state index contributed by atoms with van der Waals surface area (Å²) in [5, 5.41) is 0. The summed E-state index contributed by atoms with van der Waals surface area (Å²) >= 11 is 0. The first-order valence-corrected chi connectivity index (χ1v) is 9.53. The van der Waals surface area contributed by atoms with Crippen LogP contribution in [0.2, 0.25) is 0 Å². The molecule has 3 amide bonds. The third kappa shape index (κ3) is 3.26. The zero-order valence-corrected chi connectivity index (χ0v) is 15.9. The van der Waals surface area contributed by atoms with Gasteiger partial charge in [0, 0.05) is 37.0 Å². The van der Waals surface area contributed by atoms with Gasteiger partial charge in [-0.05, 0) is 66.8 Å².